The summed E-state index contributed by atoms with van der Waals surface area (Å²) in [5.74, 6) is 0.779. The SMILES string of the molecule is CCOc1ccc(NC(=O)N2CCc3[nH]cnc3C2c2ccccn2)cc1. The van der Waals surface area contributed by atoms with E-state index < -0.39 is 0 Å². The lowest BCUT2D eigenvalue weighted by Gasteiger charge is -2.34. The third kappa shape index (κ3) is 3.48. The molecule has 3 heterocycles. The molecular formula is C20H21N5O2. The van der Waals surface area contributed by atoms with Crippen LogP contribution in [0.15, 0.2) is 55.0 Å². The van der Waals surface area contributed by atoms with Crippen LogP contribution in [-0.2, 0) is 6.42 Å². The summed E-state index contributed by atoms with van der Waals surface area (Å²) in [5, 5.41) is 2.97. The van der Waals surface area contributed by atoms with E-state index in [0.29, 0.717) is 13.2 Å². The number of benzene rings is 1. The van der Waals surface area contributed by atoms with Gasteiger partial charge < -0.3 is 19.9 Å². The van der Waals surface area contributed by atoms with Crippen LogP contribution in [0.1, 0.15) is 30.0 Å². The summed E-state index contributed by atoms with van der Waals surface area (Å²) in [5.41, 5.74) is 3.42. The summed E-state index contributed by atoms with van der Waals surface area (Å²) in [6.45, 7) is 3.13. The van der Waals surface area contributed by atoms with Gasteiger partial charge in [-0.1, -0.05) is 6.07 Å². The molecule has 2 aromatic heterocycles. The highest BCUT2D eigenvalue weighted by Gasteiger charge is 2.34. The third-order valence-electron chi connectivity index (χ3n) is 4.57. The number of aromatic nitrogens is 3. The first-order valence-corrected chi connectivity index (χ1v) is 9.00. The van der Waals surface area contributed by atoms with Gasteiger partial charge in [-0.2, -0.15) is 0 Å². The summed E-state index contributed by atoms with van der Waals surface area (Å²) in [7, 11) is 0. The molecule has 0 radical (unpaired) electrons. The number of H-pyrrole nitrogens is 1. The Morgan fingerprint density at radius 2 is 2.11 bits per heavy atom. The number of amides is 2. The number of carbonyl (C=O) groups excluding carboxylic acids is 1. The van der Waals surface area contributed by atoms with E-state index in [4.69, 9.17) is 4.74 Å². The first-order chi connectivity index (χ1) is 13.3. The Hall–Kier alpha value is -3.35. The van der Waals surface area contributed by atoms with E-state index >= 15 is 0 Å². The number of hydrogen-bond donors (Lipinski definition) is 2. The fraction of sp³-hybridized carbons (Fsp3) is 0.250. The van der Waals surface area contributed by atoms with Crippen molar-refractivity contribution in [1.29, 1.82) is 0 Å². The number of hydrogen-bond acceptors (Lipinski definition) is 4. The molecule has 4 rings (SSSR count). The number of anilines is 1. The molecule has 3 aromatic rings. The number of fused-ring (bicyclic) bond motifs is 1. The summed E-state index contributed by atoms with van der Waals surface area (Å²) < 4.78 is 5.44. The minimum Gasteiger partial charge on any atom is -0.494 e. The Kier molecular flexibility index (Phi) is 4.74. The molecule has 1 aliphatic rings. The van der Waals surface area contributed by atoms with Crippen molar-refractivity contribution < 1.29 is 9.53 Å². The Labute approximate surface area is 157 Å². The molecule has 0 spiro atoms. The Balaban J connectivity index is 1.58. The maximum atomic E-state index is 13.0. The predicted octanol–water partition coefficient (Wildman–Crippen LogP) is 3.38. The zero-order chi connectivity index (χ0) is 18.6. The van der Waals surface area contributed by atoms with Crippen molar-refractivity contribution in [2.75, 3.05) is 18.5 Å². The number of urea groups is 1. The lowest BCUT2D eigenvalue weighted by molar-refractivity contribution is 0.191. The standard InChI is InChI=1S/C20H21N5O2/c1-2-27-15-8-6-14(7-9-15)24-20(26)25-12-10-16-18(23-13-22-16)19(25)17-5-3-4-11-21-17/h3-9,11,13,19H,2,10,12H2,1H3,(H,22,23)(H,24,26). The second-order valence-electron chi connectivity index (χ2n) is 6.25. The van der Waals surface area contributed by atoms with Gasteiger partial charge in [0.05, 0.1) is 24.3 Å². The van der Waals surface area contributed by atoms with Crippen LogP contribution in [0.3, 0.4) is 0 Å². The molecule has 7 heteroatoms. The zero-order valence-electron chi connectivity index (χ0n) is 15.1. The average molecular weight is 363 g/mol. The number of nitrogens with one attached hydrogen (secondary N) is 2. The van der Waals surface area contributed by atoms with Crippen LogP contribution in [0.4, 0.5) is 10.5 Å². The fourth-order valence-corrected chi connectivity index (χ4v) is 3.33. The first kappa shape index (κ1) is 17.1. The normalized spacial score (nSPS) is 15.9. The van der Waals surface area contributed by atoms with Crippen molar-refractivity contribution in [3.63, 3.8) is 0 Å². The van der Waals surface area contributed by atoms with Crippen molar-refractivity contribution in [2.45, 2.75) is 19.4 Å². The van der Waals surface area contributed by atoms with Crippen molar-refractivity contribution in [3.8, 4) is 5.75 Å². The molecule has 1 aromatic carbocycles. The van der Waals surface area contributed by atoms with E-state index in [2.05, 4.69) is 20.3 Å². The van der Waals surface area contributed by atoms with Gasteiger partial charge in [-0.15, -0.1) is 0 Å². The molecule has 0 saturated carbocycles. The molecule has 0 saturated heterocycles. The van der Waals surface area contributed by atoms with Crippen molar-refractivity contribution in [3.05, 3.63) is 72.1 Å². The van der Waals surface area contributed by atoms with Crippen molar-refractivity contribution in [1.82, 2.24) is 19.9 Å². The van der Waals surface area contributed by atoms with Gasteiger partial charge in [0.2, 0.25) is 0 Å². The number of aromatic amines is 1. The number of carbonyl (C=O) groups is 1. The Morgan fingerprint density at radius 1 is 1.26 bits per heavy atom. The van der Waals surface area contributed by atoms with Crippen LogP contribution in [0.25, 0.3) is 0 Å². The average Bonchev–Trinajstić information content (AvgIpc) is 3.18. The van der Waals surface area contributed by atoms with Gasteiger partial charge in [0.15, 0.2) is 0 Å². The minimum atomic E-state index is -0.316. The molecule has 1 atom stereocenters. The number of nitrogens with zero attached hydrogens (tertiary/aromatic N) is 3. The lowest BCUT2D eigenvalue weighted by Crippen LogP contribution is -2.43. The summed E-state index contributed by atoms with van der Waals surface area (Å²) >= 11 is 0. The quantitative estimate of drug-likeness (QED) is 0.744. The highest BCUT2D eigenvalue weighted by Crippen LogP contribution is 2.32. The topological polar surface area (TPSA) is 83.1 Å². The maximum absolute atomic E-state index is 13.0. The molecule has 27 heavy (non-hydrogen) atoms. The van der Waals surface area contributed by atoms with Crippen LogP contribution in [-0.4, -0.2) is 39.0 Å². The molecular weight excluding hydrogens is 342 g/mol. The monoisotopic (exact) mass is 363 g/mol. The summed E-state index contributed by atoms with van der Waals surface area (Å²) in [4.78, 5) is 26.9. The highest BCUT2D eigenvalue weighted by atomic mass is 16.5. The fourth-order valence-electron chi connectivity index (χ4n) is 3.33. The molecule has 1 unspecified atom stereocenters. The van der Waals surface area contributed by atoms with Gasteiger partial charge in [0.1, 0.15) is 11.8 Å². The number of ether oxygens (including phenoxy) is 1. The van der Waals surface area contributed by atoms with Gasteiger partial charge in [0, 0.05) is 30.5 Å². The molecule has 138 valence electrons. The van der Waals surface area contributed by atoms with Gasteiger partial charge >= 0.3 is 6.03 Å². The largest absolute Gasteiger partial charge is 0.494 e. The number of rotatable bonds is 4. The highest BCUT2D eigenvalue weighted by molar-refractivity contribution is 5.90. The first-order valence-electron chi connectivity index (χ1n) is 9.00. The number of imidazole rings is 1. The Morgan fingerprint density at radius 3 is 2.85 bits per heavy atom. The van der Waals surface area contributed by atoms with Gasteiger partial charge in [0.25, 0.3) is 0 Å². The molecule has 7 nitrogen and oxygen atoms in total. The van der Waals surface area contributed by atoms with Crippen LogP contribution >= 0.6 is 0 Å². The van der Waals surface area contributed by atoms with Gasteiger partial charge in [-0.3, -0.25) is 4.98 Å². The van der Waals surface area contributed by atoms with Crippen LogP contribution in [0.5, 0.6) is 5.75 Å². The molecule has 0 bridgehead atoms. The van der Waals surface area contributed by atoms with Crippen molar-refractivity contribution in [2.24, 2.45) is 0 Å². The molecule has 2 N–H and O–H groups in total. The smallest absolute Gasteiger partial charge is 0.322 e. The van der Waals surface area contributed by atoms with Crippen LogP contribution < -0.4 is 10.1 Å². The third-order valence-corrected chi connectivity index (χ3v) is 4.57. The second-order valence-corrected chi connectivity index (χ2v) is 6.25. The molecule has 0 aliphatic carbocycles. The predicted molar refractivity (Wildman–Crippen MR) is 102 cm³/mol. The maximum Gasteiger partial charge on any atom is 0.322 e. The van der Waals surface area contributed by atoms with E-state index in [0.717, 1.165) is 34.9 Å². The van der Waals surface area contributed by atoms with E-state index in [1.807, 2.05) is 49.4 Å². The zero-order valence-corrected chi connectivity index (χ0v) is 15.1. The van der Waals surface area contributed by atoms with E-state index in [1.54, 1.807) is 17.4 Å². The lowest BCUT2D eigenvalue weighted by atomic mass is 10.00. The number of pyridine rings is 1. The van der Waals surface area contributed by atoms with Crippen LogP contribution in [0, 0.1) is 0 Å². The van der Waals surface area contributed by atoms with E-state index in [9.17, 15) is 4.79 Å². The van der Waals surface area contributed by atoms with E-state index in [-0.39, 0.29) is 12.1 Å². The summed E-state index contributed by atoms with van der Waals surface area (Å²) in [6, 6.07) is 12.6. The minimum absolute atomic E-state index is 0.177. The molecule has 2 amide bonds. The Bertz CT molecular complexity index is 908. The van der Waals surface area contributed by atoms with Crippen LogP contribution in [0.2, 0.25) is 0 Å². The van der Waals surface area contributed by atoms with Crippen molar-refractivity contribution >= 4 is 11.7 Å². The molecule has 1 aliphatic heterocycles. The second kappa shape index (κ2) is 7.49. The van der Waals surface area contributed by atoms with Gasteiger partial charge in [-0.25, -0.2) is 9.78 Å². The van der Waals surface area contributed by atoms with E-state index in [1.165, 1.54) is 0 Å². The van der Waals surface area contributed by atoms with Gasteiger partial charge in [-0.05, 0) is 43.3 Å². The molecule has 0 fully saturated rings. The summed E-state index contributed by atoms with van der Waals surface area (Å²) in [6.07, 6.45) is 4.14.